The van der Waals surface area contributed by atoms with Gasteiger partial charge in [-0.05, 0) is 51.0 Å². The largest absolute Gasteiger partial charge is 0.311 e. The van der Waals surface area contributed by atoms with Gasteiger partial charge in [0.1, 0.15) is 0 Å². The monoisotopic (exact) mass is 238 g/mol. The molecule has 2 heteroatoms. The van der Waals surface area contributed by atoms with Crippen LogP contribution in [0.4, 0.5) is 0 Å². The SMILES string of the molecule is CCCN1CC(CC(C)C)NCC1(C)C1CC1. The molecule has 1 aliphatic carbocycles. The molecule has 0 aromatic heterocycles. The number of piperazine rings is 1. The lowest BCUT2D eigenvalue weighted by Crippen LogP contribution is -2.64. The van der Waals surface area contributed by atoms with Crippen LogP contribution in [0.2, 0.25) is 0 Å². The molecule has 0 radical (unpaired) electrons. The van der Waals surface area contributed by atoms with E-state index in [1.807, 2.05) is 0 Å². The number of nitrogens with zero attached hydrogens (tertiary/aromatic N) is 1. The maximum absolute atomic E-state index is 3.81. The van der Waals surface area contributed by atoms with E-state index in [0.717, 1.165) is 11.8 Å². The molecule has 2 aliphatic rings. The fourth-order valence-corrected chi connectivity index (χ4v) is 3.45. The van der Waals surface area contributed by atoms with E-state index in [4.69, 9.17) is 0 Å². The lowest BCUT2D eigenvalue weighted by atomic mass is 9.87. The number of nitrogens with one attached hydrogen (secondary N) is 1. The molecular formula is C15H30N2. The van der Waals surface area contributed by atoms with Crippen LogP contribution < -0.4 is 5.32 Å². The predicted molar refractivity (Wildman–Crippen MR) is 74.2 cm³/mol. The molecule has 1 saturated carbocycles. The van der Waals surface area contributed by atoms with E-state index in [0.29, 0.717) is 11.6 Å². The second-order valence-corrected chi connectivity index (χ2v) is 6.78. The third-order valence-electron chi connectivity index (χ3n) is 4.62. The van der Waals surface area contributed by atoms with Crippen molar-refractivity contribution in [2.45, 2.75) is 65.0 Å². The van der Waals surface area contributed by atoms with Crippen molar-refractivity contribution in [2.75, 3.05) is 19.6 Å². The second kappa shape index (κ2) is 5.27. The first-order valence-electron chi connectivity index (χ1n) is 7.54. The van der Waals surface area contributed by atoms with E-state index in [2.05, 4.69) is 37.9 Å². The average molecular weight is 238 g/mol. The topological polar surface area (TPSA) is 15.3 Å². The summed E-state index contributed by atoms with van der Waals surface area (Å²) in [5.41, 5.74) is 0.448. The Kier molecular flexibility index (Phi) is 4.14. The molecule has 1 saturated heterocycles. The van der Waals surface area contributed by atoms with Crippen LogP contribution in [0.1, 0.15) is 53.4 Å². The summed E-state index contributed by atoms with van der Waals surface area (Å²) >= 11 is 0. The summed E-state index contributed by atoms with van der Waals surface area (Å²) in [4.78, 5) is 2.79. The summed E-state index contributed by atoms with van der Waals surface area (Å²) in [6, 6.07) is 0.716. The molecule has 2 rings (SSSR count). The van der Waals surface area contributed by atoms with Gasteiger partial charge in [0.05, 0.1) is 0 Å². The minimum Gasteiger partial charge on any atom is -0.311 e. The van der Waals surface area contributed by atoms with Gasteiger partial charge in [0.15, 0.2) is 0 Å². The number of hydrogen-bond acceptors (Lipinski definition) is 2. The van der Waals surface area contributed by atoms with Crippen molar-refractivity contribution in [3.05, 3.63) is 0 Å². The highest BCUT2D eigenvalue weighted by molar-refractivity contribution is 5.04. The number of rotatable bonds is 5. The van der Waals surface area contributed by atoms with Crippen LogP contribution >= 0.6 is 0 Å². The van der Waals surface area contributed by atoms with Gasteiger partial charge in [0, 0.05) is 24.7 Å². The summed E-state index contributed by atoms with van der Waals surface area (Å²) in [6.45, 7) is 13.2. The van der Waals surface area contributed by atoms with Crippen LogP contribution in [0.25, 0.3) is 0 Å². The van der Waals surface area contributed by atoms with E-state index >= 15 is 0 Å². The Balaban J connectivity index is 1.97. The van der Waals surface area contributed by atoms with Gasteiger partial charge in [-0.2, -0.15) is 0 Å². The van der Waals surface area contributed by atoms with Crippen molar-refractivity contribution in [1.82, 2.24) is 10.2 Å². The Hall–Kier alpha value is -0.0800. The lowest BCUT2D eigenvalue weighted by molar-refractivity contribution is 0.0310. The van der Waals surface area contributed by atoms with E-state index in [-0.39, 0.29) is 0 Å². The molecule has 1 aliphatic heterocycles. The molecule has 0 bridgehead atoms. The molecule has 2 unspecified atom stereocenters. The summed E-state index contributed by atoms with van der Waals surface area (Å²) in [5, 5.41) is 3.81. The standard InChI is InChI=1S/C15H30N2/c1-5-8-17-10-14(9-12(2)3)16-11-15(17,4)13-6-7-13/h12-14,16H,5-11H2,1-4H3. The van der Waals surface area contributed by atoms with Gasteiger partial charge < -0.3 is 5.32 Å². The summed E-state index contributed by atoms with van der Waals surface area (Å²) in [5.74, 6) is 1.77. The average Bonchev–Trinajstić information content (AvgIpc) is 3.06. The van der Waals surface area contributed by atoms with E-state index in [1.165, 1.54) is 45.3 Å². The first-order chi connectivity index (χ1) is 8.06. The van der Waals surface area contributed by atoms with Crippen molar-refractivity contribution >= 4 is 0 Å². The molecule has 2 fully saturated rings. The van der Waals surface area contributed by atoms with Crippen molar-refractivity contribution < 1.29 is 0 Å². The molecule has 0 spiro atoms. The molecule has 0 amide bonds. The van der Waals surface area contributed by atoms with Gasteiger partial charge in [0.25, 0.3) is 0 Å². The third kappa shape index (κ3) is 3.03. The highest BCUT2D eigenvalue weighted by Crippen LogP contribution is 2.44. The molecule has 100 valence electrons. The maximum atomic E-state index is 3.81. The zero-order chi connectivity index (χ0) is 12.5. The van der Waals surface area contributed by atoms with Crippen LogP contribution in [0.15, 0.2) is 0 Å². The summed E-state index contributed by atoms with van der Waals surface area (Å²) < 4.78 is 0. The van der Waals surface area contributed by atoms with Gasteiger partial charge in [-0.25, -0.2) is 0 Å². The fraction of sp³-hybridized carbons (Fsp3) is 1.00. The Morgan fingerprint density at radius 1 is 1.35 bits per heavy atom. The van der Waals surface area contributed by atoms with Crippen LogP contribution in [0, 0.1) is 11.8 Å². The normalized spacial score (nSPS) is 35.5. The van der Waals surface area contributed by atoms with E-state index in [1.54, 1.807) is 0 Å². The minimum absolute atomic E-state index is 0.448. The fourth-order valence-electron chi connectivity index (χ4n) is 3.45. The van der Waals surface area contributed by atoms with Gasteiger partial charge >= 0.3 is 0 Å². The zero-order valence-corrected chi connectivity index (χ0v) is 12.1. The van der Waals surface area contributed by atoms with Gasteiger partial charge in [-0.15, -0.1) is 0 Å². The molecule has 17 heavy (non-hydrogen) atoms. The first-order valence-corrected chi connectivity index (χ1v) is 7.54. The molecule has 2 atom stereocenters. The maximum Gasteiger partial charge on any atom is 0.0334 e. The van der Waals surface area contributed by atoms with Crippen molar-refractivity contribution in [2.24, 2.45) is 11.8 Å². The third-order valence-corrected chi connectivity index (χ3v) is 4.62. The first kappa shape index (κ1) is 13.4. The Labute approximate surface area is 107 Å². The van der Waals surface area contributed by atoms with Crippen molar-refractivity contribution in [3.8, 4) is 0 Å². The van der Waals surface area contributed by atoms with Crippen LogP contribution in [-0.4, -0.2) is 36.1 Å². The highest BCUT2D eigenvalue weighted by atomic mass is 15.3. The molecule has 0 aromatic rings. The summed E-state index contributed by atoms with van der Waals surface area (Å²) in [7, 11) is 0. The van der Waals surface area contributed by atoms with E-state index < -0.39 is 0 Å². The van der Waals surface area contributed by atoms with Crippen LogP contribution in [0.3, 0.4) is 0 Å². The Morgan fingerprint density at radius 3 is 2.59 bits per heavy atom. The number of hydrogen-bond donors (Lipinski definition) is 1. The lowest BCUT2D eigenvalue weighted by Gasteiger charge is -2.49. The predicted octanol–water partition coefficient (Wildman–Crippen LogP) is 2.89. The van der Waals surface area contributed by atoms with Crippen molar-refractivity contribution in [3.63, 3.8) is 0 Å². The zero-order valence-electron chi connectivity index (χ0n) is 12.1. The summed E-state index contributed by atoms with van der Waals surface area (Å²) in [6.07, 6.45) is 5.51. The minimum atomic E-state index is 0.448. The second-order valence-electron chi connectivity index (χ2n) is 6.78. The van der Waals surface area contributed by atoms with Gasteiger partial charge in [0.2, 0.25) is 0 Å². The van der Waals surface area contributed by atoms with Crippen LogP contribution in [-0.2, 0) is 0 Å². The Bertz CT molecular complexity index is 247. The smallest absolute Gasteiger partial charge is 0.0334 e. The van der Waals surface area contributed by atoms with Gasteiger partial charge in [-0.3, -0.25) is 4.90 Å². The Morgan fingerprint density at radius 2 is 2.06 bits per heavy atom. The molecule has 1 heterocycles. The van der Waals surface area contributed by atoms with E-state index in [9.17, 15) is 0 Å². The molecule has 2 nitrogen and oxygen atoms in total. The molecule has 1 N–H and O–H groups in total. The molecular weight excluding hydrogens is 208 g/mol. The van der Waals surface area contributed by atoms with Gasteiger partial charge in [-0.1, -0.05) is 20.8 Å². The van der Waals surface area contributed by atoms with Crippen molar-refractivity contribution in [1.29, 1.82) is 0 Å². The van der Waals surface area contributed by atoms with Crippen LogP contribution in [0.5, 0.6) is 0 Å². The molecule has 0 aromatic carbocycles. The highest BCUT2D eigenvalue weighted by Gasteiger charge is 2.47. The quantitative estimate of drug-likeness (QED) is 0.792.